The number of hydrogen-bond acceptors (Lipinski definition) is 4. The summed E-state index contributed by atoms with van der Waals surface area (Å²) in [7, 11) is 0. The fourth-order valence-corrected chi connectivity index (χ4v) is 6.11. The van der Waals surface area contributed by atoms with Gasteiger partial charge in [-0.2, -0.15) is 0 Å². The van der Waals surface area contributed by atoms with Gasteiger partial charge in [0.2, 0.25) is 0 Å². The lowest BCUT2D eigenvalue weighted by Crippen LogP contribution is -2.58. The molecule has 0 radical (unpaired) electrons. The summed E-state index contributed by atoms with van der Waals surface area (Å²) in [5.41, 5.74) is 2.44. The number of rotatable bonds is 7. The predicted octanol–water partition coefficient (Wildman–Crippen LogP) is 5.80. The Morgan fingerprint density at radius 3 is 2.53 bits per heavy atom. The Bertz CT molecular complexity index is 1100. The fourth-order valence-electron chi connectivity index (χ4n) is 6.11. The van der Waals surface area contributed by atoms with Gasteiger partial charge in [0.05, 0.1) is 11.6 Å². The second-order valence-electron chi connectivity index (χ2n) is 10.8. The van der Waals surface area contributed by atoms with Crippen LogP contribution in [-0.2, 0) is 11.3 Å². The minimum atomic E-state index is -0.457. The summed E-state index contributed by atoms with van der Waals surface area (Å²) in [6, 6.07) is 15.2. The first-order valence-electron chi connectivity index (χ1n) is 13.5. The Balaban J connectivity index is 1.35. The molecule has 2 heterocycles. The van der Waals surface area contributed by atoms with Crippen molar-refractivity contribution in [3.8, 4) is 5.75 Å². The third-order valence-electron chi connectivity index (χ3n) is 7.81. The first kappa shape index (κ1) is 24.8. The van der Waals surface area contributed by atoms with Gasteiger partial charge >= 0.3 is 0 Å². The summed E-state index contributed by atoms with van der Waals surface area (Å²) in [6.45, 7) is 6.64. The molecule has 1 saturated carbocycles. The summed E-state index contributed by atoms with van der Waals surface area (Å²) in [4.78, 5) is 17.7. The largest absolute Gasteiger partial charge is 0.491 e. The molecule has 1 N–H and O–H groups in total. The molecule has 1 saturated heterocycles. The van der Waals surface area contributed by atoms with Crippen molar-refractivity contribution in [3.63, 3.8) is 0 Å². The number of halogens is 1. The highest BCUT2D eigenvalue weighted by Gasteiger charge is 2.50. The smallest absolute Gasteiger partial charge is 0.253 e. The molecule has 0 atom stereocenters. The molecule has 3 aliphatic rings. The molecule has 1 amide bonds. The molecule has 6 heteroatoms. The minimum Gasteiger partial charge on any atom is -0.491 e. The molecule has 5 rings (SSSR count). The Labute approximate surface area is 214 Å². The summed E-state index contributed by atoms with van der Waals surface area (Å²) in [5.74, 6) is 0.535. The van der Waals surface area contributed by atoms with Gasteiger partial charge in [-0.05, 0) is 75.4 Å². The molecule has 36 heavy (non-hydrogen) atoms. The van der Waals surface area contributed by atoms with Crippen molar-refractivity contribution in [1.29, 1.82) is 0 Å². The van der Waals surface area contributed by atoms with E-state index in [4.69, 9.17) is 4.74 Å². The predicted molar refractivity (Wildman–Crippen MR) is 141 cm³/mol. The zero-order chi connectivity index (χ0) is 25.1. The standard InChI is InChI=1S/C30H38FN3O2/c1-22(2)36-27-13-6-8-23(18-27)21-33-16-14-30(15-17-33)28(32-25-10-4-3-5-11-25)20-29(35)34(30)26-12-7-9-24(31)19-26/h6-9,12-13,18-20,22,25,32H,3-5,10-11,14-17,21H2,1-2H3. The number of carbonyl (C=O) groups excluding carboxylic acids is 1. The van der Waals surface area contributed by atoms with Crippen molar-refractivity contribution in [2.45, 2.75) is 83.0 Å². The minimum absolute atomic E-state index is 0.0501. The van der Waals surface area contributed by atoms with Crippen LogP contribution in [-0.4, -0.2) is 41.6 Å². The maximum atomic E-state index is 14.2. The number of amides is 1. The van der Waals surface area contributed by atoms with Crippen LogP contribution in [0.3, 0.4) is 0 Å². The molecule has 0 aromatic heterocycles. The second kappa shape index (κ2) is 10.6. The SMILES string of the molecule is CC(C)Oc1cccc(CN2CCC3(CC2)C(NC2CCCCC2)=CC(=O)N3c2cccc(F)c2)c1. The first-order chi connectivity index (χ1) is 17.4. The molecular weight excluding hydrogens is 453 g/mol. The highest BCUT2D eigenvalue weighted by molar-refractivity contribution is 6.07. The Morgan fingerprint density at radius 1 is 1.06 bits per heavy atom. The molecule has 2 aliphatic heterocycles. The van der Waals surface area contributed by atoms with Crippen LogP contribution in [0.1, 0.15) is 64.4 Å². The Hall–Kier alpha value is -2.86. The highest BCUT2D eigenvalue weighted by Crippen LogP contribution is 2.43. The molecule has 0 unspecified atom stereocenters. The summed E-state index contributed by atoms with van der Waals surface area (Å²) in [6.07, 6.45) is 9.57. The van der Waals surface area contributed by atoms with Gasteiger partial charge in [-0.1, -0.05) is 37.5 Å². The Morgan fingerprint density at radius 2 is 1.81 bits per heavy atom. The van der Waals surface area contributed by atoms with E-state index in [1.165, 1.54) is 37.0 Å². The zero-order valence-corrected chi connectivity index (χ0v) is 21.5. The van der Waals surface area contributed by atoms with Gasteiger partial charge in [-0.3, -0.25) is 14.6 Å². The van der Waals surface area contributed by atoms with Crippen LogP contribution in [0.2, 0.25) is 0 Å². The van der Waals surface area contributed by atoms with Gasteiger partial charge in [0.15, 0.2) is 0 Å². The van der Waals surface area contributed by atoms with Crippen molar-refractivity contribution >= 4 is 11.6 Å². The quantitative estimate of drug-likeness (QED) is 0.532. The second-order valence-corrected chi connectivity index (χ2v) is 10.8. The third kappa shape index (κ3) is 5.29. The van der Waals surface area contributed by atoms with Crippen molar-refractivity contribution in [2.75, 3.05) is 18.0 Å². The lowest BCUT2D eigenvalue weighted by molar-refractivity contribution is -0.114. The van der Waals surface area contributed by atoms with Gasteiger partial charge in [-0.15, -0.1) is 0 Å². The number of piperidine rings is 1. The van der Waals surface area contributed by atoms with Crippen molar-refractivity contribution < 1.29 is 13.9 Å². The van der Waals surface area contributed by atoms with Crippen LogP contribution in [0.25, 0.3) is 0 Å². The number of anilines is 1. The van der Waals surface area contributed by atoms with Gasteiger partial charge in [0.1, 0.15) is 11.6 Å². The number of benzene rings is 2. The van der Waals surface area contributed by atoms with Crippen LogP contribution in [0.5, 0.6) is 5.75 Å². The van der Waals surface area contributed by atoms with Crippen LogP contribution in [0.4, 0.5) is 10.1 Å². The maximum absolute atomic E-state index is 14.2. The molecule has 1 aliphatic carbocycles. The molecule has 1 spiro atoms. The number of hydrogen-bond donors (Lipinski definition) is 1. The van der Waals surface area contributed by atoms with Crippen LogP contribution < -0.4 is 15.0 Å². The first-order valence-corrected chi connectivity index (χ1v) is 13.5. The van der Waals surface area contributed by atoms with E-state index in [0.717, 1.165) is 56.8 Å². The lowest BCUT2D eigenvalue weighted by atomic mass is 9.82. The number of nitrogens with zero attached hydrogens (tertiary/aromatic N) is 2. The highest BCUT2D eigenvalue weighted by atomic mass is 19.1. The van der Waals surface area contributed by atoms with E-state index in [1.54, 1.807) is 12.1 Å². The number of ether oxygens (including phenoxy) is 1. The number of likely N-dealkylation sites (tertiary alicyclic amines) is 1. The van der Waals surface area contributed by atoms with Crippen LogP contribution in [0.15, 0.2) is 60.3 Å². The van der Waals surface area contributed by atoms with Crippen molar-refractivity contribution in [2.24, 2.45) is 0 Å². The van der Waals surface area contributed by atoms with Gasteiger partial charge in [-0.25, -0.2) is 4.39 Å². The van der Waals surface area contributed by atoms with E-state index in [9.17, 15) is 9.18 Å². The summed E-state index contributed by atoms with van der Waals surface area (Å²) in [5, 5.41) is 3.78. The van der Waals surface area contributed by atoms with Crippen molar-refractivity contribution in [1.82, 2.24) is 10.2 Å². The fraction of sp³-hybridized carbons (Fsp3) is 0.500. The molecule has 0 bridgehead atoms. The van der Waals surface area contributed by atoms with E-state index >= 15 is 0 Å². The van der Waals surface area contributed by atoms with E-state index in [2.05, 4.69) is 28.4 Å². The van der Waals surface area contributed by atoms with E-state index in [-0.39, 0.29) is 17.8 Å². The van der Waals surface area contributed by atoms with Gasteiger partial charge in [0.25, 0.3) is 5.91 Å². The topological polar surface area (TPSA) is 44.8 Å². The van der Waals surface area contributed by atoms with E-state index in [1.807, 2.05) is 30.9 Å². The molecule has 2 aromatic carbocycles. The van der Waals surface area contributed by atoms with Gasteiger partial charge in [0, 0.05) is 43.1 Å². The number of nitrogens with one attached hydrogen (secondary N) is 1. The molecule has 2 fully saturated rings. The average molecular weight is 492 g/mol. The van der Waals surface area contributed by atoms with E-state index < -0.39 is 5.54 Å². The third-order valence-corrected chi connectivity index (χ3v) is 7.81. The Kier molecular flexibility index (Phi) is 7.33. The van der Waals surface area contributed by atoms with E-state index in [0.29, 0.717) is 11.7 Å². The molecular formula is C30H38FN3O2. The lowest BCUT2D eigenvalue weighted by Gasteiger charge is -2.47. The van der Waals surface area contributed by atoms with Crippen LogP contribution in [0, 0.1) is 5.82 Å². The molecule has 192 valence electrons. The number of carbonyl (C=O) groups is 1. The van der Waals surface area contributed by atoms with Crippen molar-refractivity contribution in [3.05, 3.63) is 71.7 Å². The summed E-state index contributed by atoms with van der Waals surface area (Å²) < 4.78 is 20.1. The monoisotopic (exact) mass is 491 g/mol. The maximum Gasteiger partial charge on any atom is 0.253 e. The van der Waals surface area contributed by atoms with Crippen LogP contribution >= 0.6 is 0 Å². The molecule has 2 aromatic rings. The normalized spacial score (nSPS) is 20.7. The zero-order valence-electron chi connectivity index (χ0n) is 21.5. The average Bonchev–Trinajstić information content (AvgIpc) is 3.11. The molecule has 5 nitrogen and oxygen atoms in total. The summed E-state index contributed by atoms with van der Waals surface area (Å²) >= 11 is 0. The van der Waals surface area contributed by atoms with Gasteiger partial charge < -0.3 is 10.1 Å².